The summed E-state index contributed by atoms with van der Waals surface area (Å²) in [5.74, 6) is 0. The van der Waals surface area contributed by atoms with E-state index in [2.05, 4.69) is 0 Å². The third-order valence-corrected chi connectivity index (χ3v) is 0. The van der Waals surface area contributed by atoms with Crippen LogP contribution >= 0.6 is 0 Å². The third kappa shape index (κ3) is 37.1. The zero-order valence-electron chi connectivity index (χ0n) is 3.01. The maximum atomic E-state index is 0. The Balaban J connectivity index is 0. The Bertz CT molecular complexity index is 6.90. The summed E-state index contributed by atoms with van der Waals surface area (Å²) in [4.78, 5) is 0. The fraction of sp³-hybridized carbons (Fsp3) is 0. The molecule has 0 spiro atoms. The van der Waals surface area contributed by atoms with Crippen molar-refractivity contribution in [3.8, 4) is 0 Å². The molecule has 0 heterocycles. The molecule has 38 valence electrons. The largest absolute Gasteiger partial charge is 3.00 e. The molecule has 0 nitrogen and oxygen atoms in total. The Morgan fingerprint density at radius 1 is 0.429 bits per heavy atom. The summed E-state index contributed by atoms with van der Waals surface area (Å²) in [5.41, 5.74) is 0. The van der Waals surface area contributed by atoms with Gasteiger partial charge >= 0.3 is 52.4 Å². The van der Waals surface area contributed by atoms with Crippen LogP contribution in [0.15, 0.2) is 0 Å². The van der Waals surface area contributed by atoms with Gasteiger partial charge in [0.1, 0.15) is 0 Å². The molecule has 0 rings (SSSR count). The standard InChI is InChI=1S/4Bi.3S/q;;2*+3;3*-2. The summed E-state index contributed by atoms with van der Waals surface area (Å²) in [5, 5.41) is 0. The quantitative estimate of drug-likeness (QED) is 0.259. The van der Waals surface area contributed by atoms with E-state index in [1.807, 2.05) is 0 Å². The molecule has 0 bridgehead atoms. The predicted octanol–water partition coefficient (Wildman–Crippen LogP) is -1.53. The van der Waals surface area contributed by atoms with E-state index in [1.54, 1.807) is 0 Å². The van der Waals surface area contributed by atoms with Gasteiger partial charge in [0.25, 0.3) is 0 Å². The second kappa shape index (κ2) is 46.3. The molecule has 0 aromatic carbocycles. The SMILES string of the molecule is [Bi+3].[Bi+3].[Bi].[Bi].[S-2].[S-2].[S-2]. The fourth-order valence-electron chi connectivity index (χ4n) is 0. The van der Waals surface area contributed by atoms with Crippen LogP contribution in [-0.2, 0) is 40.5 Å². The Hall–Kier alpha value is 4.58. The van der Waals surface area contributed by atoms with Crippen molar-refractivity contribution in [2.24, 2.45) is 0 Å². The van der Waals surface area contributed by atoms with Crippen molar-refractivity contribution in [3.05, 3.63) is 0 Å². The molecule has 0 aromatic rings. The number of hydrogen-bond acceptors (Lipinski definition) is 0. The smallest absolute Gasteiger partial charge is 2.00 e. The summed E-state index contributed by atoms with van der Waals surface area (Å²) in [7, 11) is 0. The van der Waals surface area contributed by atoms with Gasteiger partial charge < -0.3 is 40.5 Å². The van der Waals surface area contributed by atoms with Crippen LogP contribution in [0.3, 0.4) is 0 Å². The molecule has 0 aliphatic heterocycles. The van der Waals surface area contributed by atoms with Crippen molar-refractivity contribution >= 4 is 145 Å². The first-order valence-corrected chi connectivity index (χ1v) is 0. The summed E-state index contributed by atoms with van der Waals surface area (Å²) in [6.45, 7) is 0. The minimum absolute atomic E-state index is 0. The first-order chi connectivity index (χ1) is 0. The van der Waals surface area contributed by atoms with E-state index in [1.165, 1.54) is 0 Å². The normalized spacial score (nSPS) is 0. The second-order valence-corrected chi connectivity index (χ2v) is 0. The molecule has 0 saturated heterocycles. The maximum Gasteiger partial charge on any atom is 3.00 e. The van der Waals surface area contributed by atoms with Crippen LogP contribution in [0.25, 0.3) is 0 Å². The van der Waals surface area contributed by atoms with Crippen LogP contribution in [0.1, 0.15) is 0 Å². The maximum absolute atomic E-state index is 0. The number of rotatable bonds is 0. The van der Waals surface area contributed by atoms with Crippen molar-refractivity contribution in [1.29, 1.82) is 0 Å². The van der Waals surface area contributed by atoms with Crippen molar-refractivity contribution in [3.63, 3.8) is 0 Å². The minimum Gasteiger partial charge on any atom is -2.00 e. The van der Waals surface area contributed by atoms with Crippen LogP contribution in [0.5, 0.6) is 0 Å². The number of hydrogen-bond donors (Lipinski definition) is 0. The summed E-state index contributed by atoms with van der Waals surface area (Å²) in [6.07, 6.45) is 0. The van der Waals surface area contributed by atoms with Gasteiger partial charge in [-0.1, -0.05) is 0 Å². The van der Waals surface area contributed by atoms with Crippen molar-refractivity contribution in [1.82, 2.24) is 0 Å². The molecule has 0 saturated carbocycles. The van der Waals surface area contributed by atoms with E-state index < -0.39 is 0 Å². The molecule has 10 radical (unpaired) electrons. The Morgan fingerprint density at radius 3 is 0.429 bits per heavy atom. The summed E-state index contributed by atoms with van der Waals surface area (Å²) >= 11 is 0. The predicted molar refractivity (Wildman–Crippen MR) is 45.1 cm³/mol. The van der Waals surface area contributed by atoms with Gasteiger partial charge in [0.15, 0.2) is 0 Å². The molecule has 7 heteroatoms. The molecule has 0 amide bonds. The Labute approximate surface area is 142 Å². The monoisotopic (exact) mass is 932 g/mol. The van der Waals surface area contributed by atoms with E-state index >= 15 is 0 Å². The van der Waals surface area contributed by atoms with Crippen LogP contribution < -0.4 is 0 Å². The molecule has 7 heavy (non-hydrogen) atoms. The van der Waals surface area contributed by atoms with Gasteiger partial charge in [0.2, 0.25) is 0 Å². The van der Waals surface area contributed by atoms with Gasteiger partial charge in [-0.3, -0.25) is 0 Å². The van der Waals surface area contributed by atoms with Crippen LogP contribution in [0.4, 0.5) is 0 Å². The molecule has 0 N–H and O–H groups in total. The average molecular weight is 932 g/mol. The van der Waals surface area contributed by atoms with Gasteiger partial charge in [-0.15, -0.1) is 0 Å². The van der Waals surface area contributed by atoms with E-state index in [4.69, 9.17) is 0 Å². The van der Waals surface area contributed by atoms with E-state index in [9.17, 15) is 0 Å². The van der Waals surface area contributed by atoms with E-state index in [-0.39, 0.29) is 145 Å². The zero-order valence-corrected chi connectivity index (χ0v) is 19.4. The summed E-state index contributed by atoms with van der Waals surface area (Å²) < 4.78 is 0. The summed E-state index contributed by atoms with van der Waals surface area (Å²) in [6, 6.07) is 0. The first-order valence-electron chi connectivity index (χ1n) is 0. The Kier molecular flexibility index (Phi) is 408. The topological polar surface area (TPSA) is 0 Å². The molecular weight excluding hydrogens is 932 g/mol. The van der Waals surface area contributed by atoms with Crippen molar-refractivity contribution in [2.75, 3.05) is 0 Å². The third-order valence-electron chi connectivity index (χ3n) is 0. The van der Waals surface area contributed by atoms with Crippen LogP contribution in [0, 0.1) is 0 Å². The first kappa shape index (κ1) is 61.8. The molecule has 0 aliphatic carbocycles. The molecule has 0 atom stereocenters. The van der Waals surface area contributed by atoms with Crippen LogP contribution in [0.2, 0.25) is 0 Å². The van der Waals surface area contributed by atoms with Crippen molar-refractivity contribution < 1.29 is 0 Å². The Morgan fingerprint density at radius 2 is 0.429 bits per heavy atom. The van der Waals surface area contributed by atoms with Gasteiger partial charge in [-0.2, -0.15) is 0 Å². The van der Waals surface area contributed by atoms with Crippen molar-refractivity contribution in [2.45, 2.75) is 0 Å². The van der Waals surface area contributed by atoms with E-state index in [0.717, 1.165) is 0 Å². The molecule has 0 aliphatic rings. The molecule has 0 unspecified atom stereocenters. The van der Waals surface area contributed by atoms with Gasteiger partial charge in [0, 0.05) is 52.4 Å². The van der Waals surface area contributed by atoms with Crippen LogP contribution in [-0.4, -0.2) is 105 Å². The second-order valence-electron chi connectivity index (χ2n) is 0. The average Bonchev–Trinajstić information content (AvgIpc) is 0. The van der Waals surface area contributed by atoms with Gasteiger partial charge in [-0.05, 0) is 0 Å². The van der Waals surface area contributed by atoms with E-state index in [0.29, 0.717) is 0 Å². The van der Waals surface area contributed by atoms with Gasteiger partial charge in [0.05, 0.1) is 0 Å². The molecule has 0 fully saturated rings. The molecule has 0 aromatic heterocycles. The fourth-order valence-corrected chi connectivity index (χ4v) is 0. The minimum atomic E-state index is 0. The molecular formula is Bi4S3. The zero-order chi connectivity index (χ0) is 0. The van der Waals surface area contributed by atoms with Gasteiger partial charge in [-0.25, -0.2) is 0 Å².